The average molecular weight is 207 g/mol. The van der Waals surface area contributed by atoms with Crippen molar-refractivity contribution in [3.8, 4) is 0 Å². The Balaban J connectivity index is 2.43. The smallest absolute Gasteiger partial charge is 0.144 e. The third kappa shape index (κ3) is 1.62. The first-order valence-electron chi connectivity index (χ1n) is 5.07. The summed E-state index contributed by atoms with van der Waals surface area (Å²) in [5.74, 6) is -0.248. The molecule has 0 bridgehead atoms. The van der Waals surface area contributed by atoms with Crippen LogP contribution in [0, 0.1) is 5.82 Å². The summed E-state index contributed by atoms with van der Waals surface area (Å²) in [6.45, 7) is 4.48. The van der Waals surface area contributed by atoms with Gasteiger partial charge in [-0.1, -0.05) is 6.07 Å². The molecule has 80 valence electrons. The van der Waals surface area contributed by atoms with Gasteiger partial charge < -0.3 is 9.69 Å². The van der Waals surface area contributed by atoms with Crippen LogP contribution in [-0.4, -0.2) is 18.4 Å². The van der Waals surface area contributed by atoms with Crippen LogP contribution in [0.25, 0.3) is 0 Å². The first kappa shape index (κ1) is 10.1. The Kier molecular flexibility index (Phi) is 2.25. The van der Waals surface area contributed by atoms with Gasteiger partial charge in [0.05, 0.1) is 5.54 Å². The van der Waals surface area contributed by atoms with Crippen LogP contribution in [0.1, 0.15) is 19.4 Å². The van der Waals surface area contributed by atoms with Gasteiger partial charge in [-0.25, -0.2) is 4.39 Å². The van der Waals surface area contributed by atoms with Gasteiger partial charge in [-0.05, 0) is 38.0 Å². The third-order valence-corrected chi connectivity index (χ3v) is 2.93. The molecule has 0 saturated carbocycles. The number of carbonyl (C=O) groups is 1. The van der Waals surface area contributed by atoms with E-state index in [0.717, 1.165) is 30.5 Å². The average Bonchev–Trinajstić information content (AvgIpc) is 2.61. The number of hydrogen-bond acceptors (Lipinski definition) is 2. The summed E-state index contributed by atoms with van der Waals surface area (Å²) in [6, 6.07) is 4.77. The zero-order valence-corrected chi connectivity index (χ0v) is 8.96. The molecule has 0 aliphatic carbocycles. The number of carbonyl (C=O) groups excluding carboxylic acids is 1. The highest BCUT2D eigenvalue weighted by Gasteiger charge is 2.31. The Morgan fingerprint density at radius 1 is 1.47 bits per heavy atom. The Labute approximate surface area is 88.7 Å². The highest BCUT2D eigenvalue weighted by Crippen LogP contribution is 2.33. The summed E-state index contributed by atoms with van der Waals surface area (Å²) in [4.78, 5) is 12.9. The second kappa shape index (κ2) is 3.33. The van der Waals surface area contributed by atoms with Crippen LogP contribution < -0.4 is 4.90 Å². The molecule has 0 saturated heterocycles. The first-order valence-corrected chi connectivity index (χ1v) is 5.07. The number of anilines is 1. The fraction of sp³-hybridized carbons (Fsp3) is 0.417. The number of nitrogens with zero attached hydrogens (tertiary/aromatic N) is 1. The summed E-state index contributed by atoms with van der Waals surface area (Å²) in [5.41, 5.74) is 1.41. The molecular weight excluding hydrogens is 193 g/mol. The van der Waals surface area contributed by atoms with Crippen molar-refractivity contribution >= 4 is 12.0 Å². The number of aldehydes is 1. The molecule has 2 rings (SSSR count). The second-order valence-corrected chi connectivity index (χ2v) is 4.45. The molecule has 1 aliphatic rings. The van der Waals surface area contributed by atoms with Crippen molar-refractivity contribution in [3.05, 3.63) is 29.6 Å². The standard InChI is InChI=1S/C12H14FNO/c1-12(2,8-15)14-6-5-9-3-4-10(13)7-11(9)14/h3-4,7-8H,5-6H2,1-2H3. The molecule has 1 aromatic rings. The Hall–Kier alpha value is -1.38. The Morgan fingerprint density at radius 3 is 2.87 bits per heavy atom. The van der Waals surface area contributed by atoms with Crippen molar-refractivity contribution in [3.63, 3.8) is 0 Å². The van der Waals surface area contributed by atoms with E-state index in [1.54, 1.807) is 6.07 Å². The van der Waals surface area contributed by atoms with E-state index in [2.05, 4.69) is 0 Å². The summed E-state index contributed by atoms with van der Waals surface area (Å²) in [6.07, 6.45) is 1.79. The van der Waals surface area contributed by atoms with E-state index < -0.39 is 5.54 Å². The van der Waals surface area contributed by atoms with Crippen molar-refractivity contribution in [1.29, 1.82) is 0 Å². The molecule has 1 aromatic carbocycles. The van der Waals surface area contributed by atoms with E-state index in [1.165, 1.54) is 12.1 Å². The zero-order valence-electron chi connectivity index (χ0n) is 8.96. The molecule has 0 radical (unpaired) electrons. The lowest BCUT2D eigenvalue weighted by Gasteiger charge is -2.32. The lowest BCUT2D eigenvalue weighted by atomic mass is 10.1. The minimum atomic E-state index is -0.557. The van der Waals surface area contributed by atoms with Gasteiger partial charge in [0.15, 0.2) is 0 Å². The molecule has 0 spiro atoms. The molecule has 0 aromatic heterocycles. The van der Waals surface area contributed by atoms with Crippen LogP contribution in [0.15, 0.2) is 18.2 Å². The monoisotopic (exact) mass is 207 g/mol. The highest BCUT2D eigenvalue weighted by atomic mass is 19.1. The molecule has 0 atom stereocenters. The summed E-state index contributed by atoms with van der Waals surface area (Å²) in [7, 11) is 0. The van der Waals surface area contributed by atoms with E-state index in [4.69, 9.17) is 0 Å². The molecule has 15 heavy (non-hydrogen) atoms. The van der Waals surface area contributed by atoms with Crippen molar-refractivity contribution in [2.24, 2.45) is 0 Å². The number of hydrogen-bond donors (Lipinski definition) is 0. The first-order chi connectivity index (χ1) is 7.04. The number of benzene rings is 1. The topological polar surface area (TPSA) is 20.3 Å². The zero-order chi connectivity index (χ0) is 11.1. The molecule has 0 fully saturated rings. The molecule has 0 amide bonds. The van der Waals surface area contributed by atoms with Crippen molar-refractivity contribution in [2.45, 2.75) is 25.8 Å². The Morgan fingerprint density at radius 2 is 2.20 bits per heavy atom. The van der Waals surface area contributed by atoms with E-state index in [-0.39, 0.29) is 5.82 Å². The minimum absolute atomic E-state index is 0.248. The second-order valence-electron chi connectivity index (χ2n) is 4.45. The summed E-state index contributed by atoms with van der Waals surface area (Å²) in [5, 5.41) is 0. The van der Waals surface area contributed by atoms with Crippen LogP contribution in [0.2, 0.25) is 0 Å². The molecule has 0 unspecified atom stereocenters. The SMILES string of the molecule is CC(C)(C=O)N1CCc2ccc(F)cc21. The van der Waals surface area contributed by atoms with Gasteiger partial charge in [0.25, 0.3) is 0 Å². The molecule has 3 heteroatoms. The minimum Gasteiger partial charge on any atom is -0.359 e. The van der Waals surface area contributed by atoms with Gasteiger partial charge in [0.1, 0.15) is 12.1 Å². The van der Waals surface area contributed by atoms with Crippen LogP contribution in [0.3, 0.4) is 0 Å². The normalized spacial score (nSPS) is 15.3. The van der Waals surface area contributed by atoms with E-state index in [0.29, 0.717) is 0 Å². The highest BCUT2D eigenvalue weighted by molar-refractivity contribution is 5.73. The molecule has 1 aliphatic heterocycles. The predicted octanol–water partition coefficient (Wildman–Crippen LogP) is 2.17. The van der Waals surface area contributed by atoms with Crippen LogP contribution in [0.5, 0.6) is 0 Å². The van der Waals surface area contributed by atoms with Crippen LogP contribution >= 0.6 is 0 Å². The maximum absolute atomic E-state index is 13.1. The van der Waals surface area contributed by atoms with E-state index in [1.807, 2.05) is 18.7 Å². The Bertz CT molecular complexity index is 401. The molecular formula is C12H14FNO. The van der Waals surface area contributed by atoms with Crippen molar-refractivity contribution < 1.29 is 9.18 Å². The maximum Gasteiger partial charge on any atom is 0.144 e. The maximum atomic E-state index is 13.1. The summed E-state index contributed by atoms with van der Waals surface area (Å²) < 4.78 is 13.1. The fourth-order valence-electron chi connectivity index (χ4n) is 2.01. The van der Waals surface area contributed by atoms with Crippen LogP contribution in [-0.2, 0) is 11.2 Å². The van der Waals surface area contributed by atoms with Crippen molar-refractivity contribution in [2.75, 3.05) is 11.4 Å². The molecule has 2 nitrogen and oxygen atoms in total. The predicted molar refractivity (Wildman–Crippen MR) is 57.6 cm³/mol. The lowest BCUT2D eigenvalue weighted by Crippen LogP contribution is -2.44. The number of rotatable bonds is 2. The summed E-state index contributed by atoms with van der Waals surface area (Å²) >= 11 is 0. The van der Waals surface area contributed by atoms with E-state index >= 15 is 0 Å². The van der Waals surface area contributed by atoms with Gasteiger partial charge >= 0.3 is 0 Å². The molecule has 0 N–H and O–H groups in total. The van der Waals surface area contributed by atoms with Gasteiger partial charge in [-0.15, -0.1) is 0 Å². The van der Waals surface area contributed by atoms with E-state index in [9.17, 15) is 9.18 Å². The van der Waals surface area contributed by atoms with Crippen molar-refractivity contribution in [1.82, 2.24) is 0 Å². The van der Waals surface area contributed by atoms with Gasteiger partial charge in [-0.3, -0.25) is 0 Å². The van der Waals surface area contributed by atoms with Gasteiger partial charge in [-0.2, -0.15) is 0 Å². The molecule has 1 heterocycles. The number of fused-ring (bicyclic) bond motifs is 1. The fourth-order valence-corrected chi connectivity index (χ4v) is 2.01. The number of halogens is 1. The quantitative estimate of drug-likeness (QED) is 0.693. The third-order valence-electron chi connectivity index (χ3n) is 2.93. The van der Waals surface area contributed by atoms with Gasteiger partial charge in [0, 0.05) is 12.2 Å². The largest absolute Gasteiger partial charge is 0.359 e. The van der Waals surface area contributed by atoms with Gasteiger partial charge in [0.2, 0.25) is 0 Å². The lowest BCUT2D eigenvalue weighted by molar-refractivity contribution is -0.111. The van der Waals surface area contributed by atoms with Crippen LogP contribution in [0.4, 0.5) is 10.1 Å².